The molecule has 1 aromatic rings. The zero-order valence-corrected chi connectivity index (χ0v) is 12.3. The van der Waals surface area contributed by atoms with Crippen molar-refractivity contribution in [2.45, 2.75) is 45.6 Å². The summed E-state index contributed by atoms with van der Waals surface area (Å²) in [7, 11) is 1.90. The van der Waals surface area contributed by atoms with E-state index in [1.807, 2.05) is 20.9 Å². The topological polar surface area (TPSA) is 59.1 Å². The highest BCUT2D eigenvalue weighted by Crippen LogP contribution is 2.39. The molecule has 0 aromatic carbocycles. The van der Waals surface area contributed by atoms with Crippen LogP contribution in [0.5, 0.6) is 0 Å². The standard InChI is InChI=1S/C14H24N4O/c1-5-19-9(2)8-16-13-10(3)12(15-4)17-14(18-13)11-6-7-11/h9,11H,5-8H2,1-4H3,(H2,15,16,17,18). The SMILES string of the molecule is CCOC(C)CNc1nc(C2CC2)nc(NC)c1C. The first-order chi connectivity index (χ1) is 9.15. The Morgan fingerprint density at radius 1 is 1.32 bits per heavy atom. The number of ether oxygens (including phenoxy) is 1. The van der Waals surface area contributed by atoms with Gasteiger partial charge < -0.3 is 15.4 Å². The molecule has 5 nitrogen and oxygen atoms in total. The molecule has 1 unspecified atom stereocenters. The van der Waals surface area contributed by atoms with E-state index in [1.165, 1.54) is 12.8 Å². The highest BCUT2D eigenvalue weighted by atomic mass is 16.5. The summed E-state index contributed by atoms with van der Waals surface area (Å²) in [5.74, 6) is 3.36. The van der Waals surface area contributed by atoms with Crippen LogP contribution in [0.15, 0.2) is 0 Å². The normalized spacial score (nSPS) is 16.2. The van der Waals surface area contributed by atoms with E-state index < -0.39 is 0 Å². The number of aromatic nitrogens is 2. The molecule has 0 saturated heterocycles. The van der Waals surface area contributed by atoms with Crippen molar-refractivity contribution in [3.05, 3.63) is 11.4 Å². The minimum atomic E-state index is 0.182. The predicted octanol–water partition coefficient (Wildman–Crippen LogP) is 2.54. The second-order valence-electron chi connectivity index (χ2n) is 5.08. The Hall–Kier alpha value is -1.36. The van der Waals surface area contributed by atoms with Crippen molar-refractivity contribution in [3.8, 4) is 0 Å². The summed E-state index contributed by atoms with van der Waals surface area (Å²) in [6.07, 6.45) is 2.60. The maximum atomic E-state index is 5.53. The lowest BCUT2D eigenvalue weighted by molar-refractivity contribution is 0.0854. The van der Waals surface area contributed by atoms with Crippen molar-refractivity contribution in [1.82, 2.24) is 9.97 Å². The summed E-state index contributed by atoms with van der Waals surface area (Å²) in [5, 5.41) is 6.53. The Morgan fingerprint density at radius 2 is 2.00 bits per heavy atom. The van der Waals surface area contributed by atoms with Gasteiger partial charge in [-0.15, -0.1) is 0 Å². The van der Waals surface area contributed by atoms with Gasteiger partial charge in [-0.25, -0.2) is 9.97 Å². The van der Waals surface area contributed by atoms with Crippen LogP contribution in [0.25, 0.3) is 0 Å². The average molecular weight is 264 g/mol. The zero-order valence-electron chi connectivity index (χ0n) is 12.3. The van der Waals surface area contributed by atoms with Crippen molar-refractivity contribution in [1.29, 1.82) is 0 Å². The van der Waals surface area contributed by atoms with E-state index >= 15 is 0 Å². The van der Waals surface area contributed by atoms with Crippen molar-refractivity contribution >= 4 is 11.6 Å². The number of anilines is 2. The van der Waals surface area contributed by atoms with Crippen LogP contribution in [-0.2, 0) is 4.74 Å². The minimum Gasteiger partial charge on any atom is -0.377 e. The molecule has 1 atom stereocenters. The molecule has 2 N–H and O–H groups in total. The third-order valence-corrected chi connectivity index (χ3v) is 3.35. The first-order valence-corrected chi connectivity index (χ1v) is 7.07. The van der Waals surface area contributed by atoms with Crippen LogP contribution in [0.4, 0.5) is 11.6 Å². The molecule has 106 valence electrons. The van der Waals surface area contributed by atoms with Crippen LogP contribution < -0.4 is 10.6 Å². The van der Waals surface area contributed by atoms with Gasteiger partial charge in [0.15, 0.2) is 0 Å². The number of nitrogens with zero attached hydrogens (tertiary/aromatic N) is 2. The zero-order chi connectivity index (χ0) is 13.8. The van der Waals surface area contributed by atoms with Gasteiger partial charge in [0.05, 0.1) is 6.10 Å². The quantitative estimate of drug-likeness (QED) is 0.792. The summed E-state index contributed by atoms with van der Waals surface area (Å²) in [6.45, 7) is 7.61. The molecule has 1 aliphatic rings. The second kappa shape index (κ2) is 6.19. The Morgan fingerprint density at radius 3 is 2.58 bits per heavy atom. The van der Waals surface area contributed by atoms with Gasteiger partial charge in [-0.05, 0) is 33.6 Å². The summed E-state index contributed by atoms with van der Waals surface area (Å²) >= 11 is 0. The number of nitrogens with one attached hydrogen (secondary N) is 2. The molecule has 1 fully saturated rings. The summed E-state index contributed by atoms with van der Waals surface area (Å²) in [6, 6.07) is 0. The van der Waals surface area contributed by atoms with E-state index in [0.717, 1.165) is 36.2 Å². The molecular formula is C14H24N4O. The highest BCUT2D eigenvalue weighted by molar-refractivity contribution is 5.57. The lowest BCUT2D eigenvalue weighted by atomic mass is 10.2. The Labute approximate surface area is 115 Å². The van der Waals surface area contributed by atoms with Gasteiger partial charge in [-0.3, -0.25) is 0 Å². The van der Waals surface area contributed by atoms with E-state index in [-0.39, 0.29) is 6.10 Å². The molecule has 0 radical (unpaired) electrons. The molecule has 1 saturated carbocycles. The van der Waals surface area contributed by atoms with Gasteiger partial charge in [0.25, 0.3) is 0 Å². The number of hydrogen-bond donors (Lipinski definition) is 2. The van der Waals surface area contributed by atoms with Crippen molar-refractivity contribution in [2.24, 2.45) is 0 Å². The summed E-state index contributed by atoms with van der Waals surface area (Å²) in [4.78, 5) is 9.24. The van der Waals surface area contributed by atoms with E-state index in [9.17, 15) is 0 Å². The van der Waals surface area contributed by atoms with Gasteiger partial charge in [-0.2, -0.15) is 0 Å². The molecule has 1 aliphatic carbocycles. The monoisotopic (exact) mass is 264 g/mol. The molecule has 19 heavy (non-hydrogen) atoms. The molecular weight excluding hydrogens is 240 g/mol. The fraction of sp³-hybridized carbons (Fsp3) is 0.714. The van der Waals surface area contributed by atoms with Crippen LogP contribution in [0, 0.1) is 6.92 Å². The number of hydrogen-bond acceptors (Lipinski definition) is 5. The van der Waals surface area contributed by atoms with Gasteiger partial charge >= 0.3 is 0 Å². The first-order valence-electron chi connectivity index (χ1n) is 7.07. The number of rotatable bonds is 7. The second-order valence-corrected chi connectivity index (χ2v) is 5.08. The predicted molar refractivity (Wildman–Crippen MR) is 77.9 cm³/mol. The molecule has 0 amide bonds. The molecule has 1 aromatic heterocycles. The van der Waals surface area contributed by atoms with Crippen LogP contribution in [-0.4, -0.2) is 36.3 Å². The molecule has 0 bridgehead atoms. The van der Waals surface area contributed by atoms with Crippen LogP contribution in [0.2, 0.25) is 0 Å². The van der Waals surface area contributed by atoms with Crippen LogP contribution >= 0.6 is 0 Å². The molecule has 5 heteroatoms. The molecule has 1 heterocycles. The molecule has 2 rings (SSSR count). The van der Waals surface area contributed by atoms with Crippen molar-refractivity contribution in [3.63, 3.8) is 0 Å². The fourth-order valence-corrected chi connectivity index (χ4v) is 2.06. The minimum absolute atomic E-state index is 0.182. The largest absolute Gasteiger partial charge is 0.377 e. The van der Waals surface area contributed by atoms with E-state index in [4.69, 9.17) is 4.74 Å². The van der Waals surface area contributed by atoms with Gasteiger partial charge in [0, 0.05) is 31.7 Å². The van der Waals surface area contributed by atoms with Crippen molar-refractivity contribution < 1.29 is 4.74 Å². The van der Waals surface area contributed by atoms with E-state index in [0.29, 0.717) is 5.92 Å². The van der Waals surface area contributed by atoms with Crippen LogP contribution in [0.1, 0.15) is 44.0 Å². The smallest absolute Gasteiger partial charge is 0.136 e. The van der Waals surface area contributed by atoms with Crippen LogP contribution in [0.3, 0.4) is 0 Å². The van der Waals surface area contributed by atoms with Gasteiger partial charge in [0.2, 0.25) is 0 Å². The van der Waals surface area contributed by atoms with E-state index in [2.05, 4.69) is 27.5 Å². The summed E-state index contributed by atoms with van der Waals surface area (Å²) in [5.41, 5.74) is 1.07. The van der Waals surface area contributed by atoms with Crippen molar-refractivity contribution in [2.75, 3.05) is 30.8 Å². The first kappa shape index (κ1) is 14.1. The van der Waals surface area contributed by atoms with Gasteiger partial charge in [-0.1, -0.05) is 0 Å². The third kappa shape index (κ3) is 3.56. The lowest BCUT2D eigenvalue weighted by Gasteiger charge is -2.16. The third-order valence-electron chi connectivity index (χ3n) is 3.35. The van der Waals surface area contributed by atoms with Gasteiger partial charge in [0.1, 0.15) is 17.5 Å². The highest BCUT2D eigenvalue weighted by Gasteiger charge is 2.28. The van der Waals surface area contributed by atoms with E-state index in [1.54, 1.807) is 0 Å². The Kier molecular flexibility index (Phi) is 4.58. The lowest BCUT2D eigenvalue weighted by Crippen LogP contribution is -2.21. The molecule has 0 spiro atoms. The maximum Gasteiger partial charge on any atom is 0.136 e. The fourth-order valence-electron chi connectivity index (χ4n) is 2.06. The molecule has 0 aliphatic heterocycles. The Balaban J connectivity index is 2.11. The average Bonchev–Trinajstić information content (AvgIpc) is 3.22. The Bertz CT molecular complexity index is 432. The maximum absolute atomic E-state index is 5.53. The summed E-state index contributed by atoms with van der Waals surface area (Å²) < 4.78 is 5.53.